The van der Waals surface area contributed by atoms with Gasteiger partial charge in [0.1, 0.15) is 12.4 Å². The molecule has 3 aromatic rings. The van der Waals surface area contributed by atoms with Crippen LogP contribution in [0.2, 0.25) is 0 Å². The molecule has 3 aromatic carbocycles. The summed E-state index contributed by atoms with van der Waals surface area (Å²) in [6.07, 6.45) is 1.69. The minimum Gasteiger partial charge on any atom is -0.493 e. The highest BCUT2D eigenvalue weighted by Crippen LogP contribution is 2.33. The molecule has 0 aliphatic carbocycles. The number of carbonyl (C=O) groups excluding carboxylic acids is 1. The fourth-order valence-electron chi connectivity index (χ4n) is 3.08. The van der Waals surface area contributed by atoms with Gasteiger partial charge in [0, 0.05) is 12.1 Å². The number of aliphatic imine (C=N–C) groups is 1. The molecule has 1 fully saturated rings. The third-order valence-corrected chi connectivity index (χ3v) is 5.62. The molecule has 34 heavy (non-hydrogen) atoms. The predicted octanol–water partition coefficient (Wildman–Crippen LogP) is 5.21. The molecular formula is C24H18FN3O5S. The molecule has 0 radical (unpaired) electrons. The molecule has 0 saturated carbocycles. The lowest BCUT2D eigenvalue weighted by Crippen LogP contribution is -2.19. The highest BCUT2D eigenvalue weighted by Gasteiger charge is 2.24. The van der Waals surface area contributed by atoms with E-state index in [0.717, 1.165) is 0 Å². The lowest BCUT2D eigenvalue weighted by atomic mass is 10.1. The van der Waals surface area contributed by atoms with E-state index in [1.807, 2.05) is 0 Å². The smallest absolute Gasteiger partial charge is 0.269 e. The first-order valence-electron chi connectivity index (χ1n) is 10.0. The number of thioether (sulfide) groups is 1. The van der Waals surface area contributed by atoms with Crippen molar-refractivity contribution in [3.05, 3.63) is 98.7 Å². The molecule has 1 aliphatic heterocycles. The van der Waals surface area contributed by atoms with Crippen LogP contribution < -0.4 is 14.8 Å². The number of carbonyl (C=O) groups is 1. The summed E-state index contributed by atoms with van der Waals surface area (Å²) in [5.41, 5.74) is 1.87. The summed E-state index contributed by atoms with van der Waals surface area (Å²) in [6.45, 7) is 0.125. The van der Waals surface area contributed by atoms with Gasteiger partial charge in [-0.25, -0.2) is 9.38 Å². The number of nitrogens with one attached hydrogen (secondary N) is 1. The van der Waals surface area contributed by atoms with E-state index in [-0.39, 0.29) is 24.0 Å². The molecule has 0 bridgehead atoms. The van der Waals surface area contributed by atoms with Crippen LogP contribution >= 0.6 is 11.8 Å². The Morgan fingerprint density at radius 1 is 1.12 bits per heavy atom. The summed E-state index contributed by atoms with van der Waals surface area (Å²) in [7, 11) is 1.50. The zero-order chi connectivity index (χ0) is 24.1. The number of non-ortho nitro benzene ring substituents is 1. The quantitative estimate of drug-likeness (QED) is 0.283. The Morgan fingerprint density at radius 2 is 1.91 bits per heavy atom. The van der Waals surface area contributed by atoms with Gasteiger partial charge in [-0.3, -0.25) is 14.9 Å². The second-order valence-electron chi connectivity index (χ2n) is 7.08. The van der Waals surface area contributed by atoms with Crippen molar-refractivity contribution in [3.63, 3.8) is 0 Å². The molecule has 172 valence electrons. The predicted molar refractivity (Wildman–Crippen MR) is 128 cm³/mol. The number of hydrogen-bond donors (Lipinski definition) is 1. The Bertz CT molecular complexity index is 1310. The van der Waals surface area contributed by atoms with Crippen LogP contribution in [0.25, 0.3) is 6.08 Å². The van der Waals surface area contributed by atoms with E-state index < -0.39 is 4.92 Å². The number of rotatable bonds is 7. The number of amidine groups is 1. The summed E-state index contributed by atoms with van der Waals surface area (Å²) in [5.74, 6) is 0.247. The van der Waals surface area contributed by atoms with Crippen LogP contribution in [0.4, 0.5) is 15.8 Å². The number of amides is 1. The molecule has 0 unspecified atom stereocenters. The Morgan fingerprint density at radius 3 is 2.65 bits per heavy atom. The van der Waals surface area contributed by atoms with E-state index in [9.17, 15) is 19.3 Å². The molecule has 4 rings (SSSR count). The number of hydrogen-bond acceptors (Lipinski definition) is 7. The van der Waals surface area contributed by atoms with Gasteiger partial charge < -0.3 is 14.8 Å². The van der Waals surface area contributed by atoms with Crippen LogP contribution in [-0.2, 0) is 11.4 Å². The highest BCUT2D eigenvalue weighted by atomic mass is 32.2. The average Bonchev–Trinajstić information content (AvgIpc) is 3.18. The number of nitrogens with zero attached hydrogens (tertiary/aromatic N) is 2. The number of benzene rings is 3. The van der Waals surface area contributed by atoms with Gasteiger partial charge in [-0.05, 0) is 65.4 Å². The Hall–Kier alpha value is -4.18. The first-order chi connectivity index (χ1) is 16.4. The summed E-state index contributed by atoms with van der Waals surface area (Å²) in [6, 6.07) is 17.0. The third-order valence-electron chi connectivity index (χ3n) is 4.71. The lowest BCUT2D eigenvalue weighted by molar-refractivity contribution is -0.384. The molecular weight excluding hydrogens is 461 g/mol. The van der Waals surface area contributed by atoms with Crippen molar-refractivity contribution < 1.29 is 23.6 Å². The van der Waals surface area contributed by atoms with Crippen molar-refractivity contribution in [2.24, 2.45) is 4.99 Å². The molecule has 0 aromatic heterocycles. The van der Waals surface area contributed by atoms with Crippen molar-refractivity contribution in [3.8, 4) is 11.5 Å². The maximum Gasteiger partial charge on any atom is 0.269 e. The van der Waals surface area contributed by atoms with Crippen LogP contribution in [0, 0.1) is 15.9 Å². The topological polar surface area (TPSA) is 103 Å². The molecule has 8 nitrogen and oxygen atoms in total. The number of ether oxygens (including phenoxy) is 2. The van der Waals surface area contributed by atoms with Gasteiger partial charge in [0.2, 0.25) is 0 Å². The summed E-state index contributed by atoms with van der Waals surface area (Å²) < 4.78 is 24.3. The zero-order valence-electron chi connectivity index (χ0n) is 17.9. The monoisotopic (exact) mass is 479 g/mol. The molecule has 1 heterocycles. The van der Waals surface area contributed by atoms with E-state index in [1.165, 1.54) is 55.3 Å². The zero-order valence-corrected chi connectivity index (χ0v) is 18.7. The fraction of sp³-hybridized carbons (Fsp3) is 0.0833. The fourth-order valence-corrected chi connectivity index (χ4v) is 3.92. The van der Waals surface area contributed by atoms with E-state index in [1.54, 1.807) is 36.4 Å². The van der Waals surface area contributed by atoms with E-state index in [2.05, 4.69) is 10.3 Å². The maximum absolute atomic E-state index is 13.1. The molecule has 10 heteroatoms. The van der Waals surface area contributed by atoms with Crippen LogP contribution in [0.1, 0.15) is 11.1 Å². The lowest BCUT2D eigenvalue weighted by Gasteiger charge is -2.11. The number of nitro benzene ring substituents is 1. The molecule has 1 saturated heterocycles. The van der Waals surface area contributed by atoms with Crippen molar-refractivity contribution >= 4 is 40.3 Å². The second kappa shape index (κ2) is 10.2. The molecule has 0 atom stereocenters. The third kappa shape index (κ3) is 5.59. The first kappa shape index (κ1) is 23.0. The van der Waals surface area contributed by atoms with Crippen LogP contribution in [0.3, 0.4) is 0 Å². The van der Waals surface area contributed by atoms with Crippen LogP contribution in [0.5, 0.6) is 11.5 Å². The number of methoxy groups -OCH3 is 1. The summed E-state index contributed by atoms with van der Waals surface area (Å²) >= 11 is 1.17. The van der Waals surface area contributed by atoms with Gasteiger partial charge in [0.25, 0.3) is 11.6 Å². The molecule has 1 aliphatic rings. The van der Waals surface area contributed by atoms with E-state index in [4.69, 9.17) is 9.47 Å². The largest absolute Gasteiger partial charge is 0.493 e. The van der Waals surface area contributed by atoms with Gasteiger partial charge in [-0.2, -0.15) is 0 Å². The standard InChI is InChI=1S/C24H18FN3O5S/c1-32-21-12-15(5-10-20(21)33-14-16-3-2-4-19(11-16)28(30)31)13-22-23(29)27-24(34-22)26-18-8-6-17(25)7-9-18/h2-13H,14H2,1H3,(H,26,27,29)/b22-13+. The van der Waals surface area contributed by atoms with Crippen molar-refractivity contribution in [1.82, 2.24) is 5.32 Å². The summed E-state index contributed by atoms with van der Waals surface area (Å²) in [4.78, 5) is 27.6. The number of halogens is 1. The Kier molecular flexibility index (Phi) is 6.88. The van der Waals surface area contributed by atoms with Crippen LogP contribution in [-0.4, -0.2) is 23.1 Å². The Labute approximate surface area is 198 Å². The highest BCUT2D eigenvalue weighted by molar-refractivity contribution is 8.18. The second-order valence-corrected chi connectivity index (χ2v) is 8.11. The number of nitro groups is 1. The van der Waals surface area contributed by atoms with Gasteiger partial charge in [-0.15, -0.1) is 0 Å². The van der Waals surface area contributed by atoms with Gasteiger partial charge in [-0.1, -0.05) is 18.2 Å². The van der Waals surface area contributed by atoms with Gasteiger partial charge in [0.05, 0.1) is 22.6 Å². The van der Waals surface area contributed by atoms with Gasteiger partial charge >= 0.3 is 0 Å². The minimum absolute atomic E-state index is 0.00952. The molecule has 1 amide bonds. The van der Waals surface area contributed by atoms with Crippen molar-refractivity contribution in [2.45, 2.75) is 6.61 Å². The van der Waals surface area contributed by atoms with E-state index >= 15 is 0 Å². The van der Waals surface area contributed by atoms with Crippen molar-refractivity contribution in [1.29, 1.82) is 0 Å². The summed E-state index contributed by atoms with van der Waals surface area (Å²) in [5, 5.41) is 14.0. The first-order valence-corrected chi connectivity index (χ1v) is 10.8. The average molecular weight is 479 g/mol. The van der Waals surface area contributed by atoms with Gasteiger partial charge in [0.15, 0.2) is 16.7 Å². The van der Waals surface area contributed by atoms with Crippen molar-refractivity contribution in [2.75, 3.05) is 7.11 Å². The molecule has 0 spiro atoms. The molecule has 1 N–H and O–H groups in total. The normalized spacial score (nSPS) is 15.4. The van der Waals surface area contributed by atoms with Crippen LogP contribution in [0.15, 0.2) is 76.6 Å². The minimum atomic E-state index is -0.459. The van der Waals surface area contributed by atoms with E-state index in [0.29, 0.717) is 38.4 Å². The maximum atomic E-state index is 13.1. The SMILES string of the molecule is COc1cc(/C=C2/SC(=Nc3ccc(F)cc3)NC2=O)ccc1OCc1cccc([N+](=O)[O-])c1. The Balaban J connectivity index is 1.47.